The number of benzene rings is 9. The summed E-state index contributed by atoms with van der Waals surface area (Å²) in [4.78, 5) is 4.69. The molecule has 0 spiro atoms. The lowest BCUT2D eigenvalue weighted by Gasteiger charge is -2.29. The Balaban J connectivity index is 1.00. The molecule has 0 radical (unpaired) electrons. The zero-order chi connectivity index (χ0) is 38.8. The second kappa shape index (κ2) is 13.4. The van der Waals surface area contributed by atoms with Gasteiger partial charge in [0.05, 0.1) is 11.0 Å². The molecule has 0 saturated carbocycles. The highest BCUT2D eigenvalue weighted by atomic mass is 15.2. The summed E-state index contributed by atoms with van der Waals surface area (Å²) in [6.45, 7) is 4.77. The maximum Gasteiger partial charge on any atom is 0.0547 e. The maximum atomic E-state index is 2.46. The average Bonchev–Trinajstić information content (AvgIpc) is 3.71. The zero-order valence-electron chi connectivity index (χ0n) is 32.5. The fourth-order valence-corrected chi connectivity index (χ4v) is 9.30. The van der Waals surface area contributed by atoms with Crippen molar-refractivity contribution in [1.82, 2.24) is 4.57 Å². The van der Waals surface area contributed by atoms with Crippen LogP contribution in [0.2, 0.25) is 0 Å². The number of hydrogen-bond donors (Lipinski definition) is 0. The molecule has 0 amide bonds. The Morgan fingerprint density at radius 3 is 1.40 bits per heavy atom. The molecule has 0 N–H and O–H groups in total. The van der Waals surface area contributed by atoms with Gasteiger partial charge in [0.2, 0.25) is 0 Å². The van der Waals surface area contributed by atoms with E-state index in [4.69, 9.17) is 0 Å². The summed E-state index contributed by atoms with van der Waals surface area (Å²) < 4.78 is 2.46. The predicted molar refractivity (Wildman–Crippen MR) is 245 cm³/mol. The molecule has 9 aromatic carbocycles. The number of hydrogen-bond acceptors (Lipinski definition) is 2. The molecule has 11 rings (SSSR count). The summed E-state index contributed by atoms with van der Waals surface area (Å²) in [6, 6.07) is 77.2. The summed E-state index contributed by atoms with van der Waals surface area (Å²) >= 11 is 0. The molecule has 3 heteroatoms. The molecule has 1 aliphatic carbocycles. The monoisotopic (exact) mass is 743 g/mol. The van der Waals surface area contributed by atoms with Gasteiger partial charge in [-0.05, 0) is 136 Å². The highest BCUT2D eigenvalue weighted by Crippen LogP contribution is 2.52. The molecule has 0 bridgehead atoms. The zero-order valence-corrected chi connectivity index (χ0v) is 32.5. The average molecular weight is 744 g/mol. The van der Waals surface area contributed by atoms with Crippen LogP contribution in [-0.4, -0.2) is 4.57 Å². The highest BCUT2D eigenvalue weighted by molar-refractivity contribution is 6.13. The molecule has 0 saturated heterocycles. The Kier molecular flexibility index (Phi) is 7.84. The fraction of sp³-hybridized carbons (Fsp3) is 0.0545. The van der Waals surface area contributed by atoms with E-state index >= 15 is 0 Å². The van der Waals surface area contributed by atoms with Gasteiger partial charge in [-0.1, -0.05) is 123 Å². The predicted octanol–water partition coefficient (Wildman–Crippen LogP) is 15.2. The van der Waals surface area contributed by atoms with E-state index < -0.39 is 0 Å². The van der Waals surface area contributed by atoms with Crippen molar-refractivity contribution in [3.05, 3.63) is 223 Å². The van der Waals surface area contributed by atoms with Crippen LogP contribution in [0.3, 0.4) is 0 Å². The number of fused-ring (bicyclic) bond motifs is 7. The Morgan fingerprint density at radius 2 is 0.793 bits per heavy atom. The lowest BCUT2D eigenvalue weighted by Crippen LogP contribution is -2.17. The van der Waals surface area contributed by atoms with Crippen LogP contribution in [0.25, 0.3) is 49.4 Å². The summed E-state index contributed by atoms with van der Waals surface area (Å²) in [5.74, 6) is 0. The smallest absolute Gasteiger partial charge is 0.0547 e. The minimum absolute atomic E-state index is 0.222. The van der Waals surface area contributed by atoms with Crippen LogP contribution in [0.15, 0.2) is 212 Å². The van der Waals surface area contributed by atoms with Crippen LogP contribution in [0.5, 0.6) is 0 Å². The van der Waals surface area contributed by atoms with E-state index in [9.17, 15) is 0 Å². The van der Waals surface area contributed by atoms with Gasteiger partial charge in [-0.15, -0.1) is 0 Å². The van der Waals surface area contributed by atoms with E-state index in [1.807, 2.05) is 0 Å². The van der Waals surface area contributed by atoms with Crippen molar-refractivity contribution in [3.8, 4) is 16.8 Å². The number of para-hydroxylation sites is 4. The van der Waals surface area contributed by atoms with Gasteiger partial charge in [-0.3, -0.25) is 0 Å². The molecule has 0 aliphatic heterocycles. The molecule has 0 unspecified atom stereocenters. The molecule has 58 heavy (non-hydrogen) atoms. The van der Waals surface area contributed by atoms with Crippen molar-refractivity contribution < 1.29 is 0 Å². The van der Waals surface area contributed by atoms with E-state index in [0.29, 0.717) is 0 Å². The molecular formula is C55H41N3. The molecular weight excluding hydrogens is 703 g/mol. The lowest BCUT2D eigenvalue weighted by molar-refractivity contribution is 0.660. The van der Waals surface area contributed by atoms with Gasteiger partial charge in [-0.25, -0.2) is 0 Å². The third-order valence-electron chi connectivity index (χ3n) is 12.1. The molecule has 276 valence electrons. The van der Waals surface area contributed by atoms with Crippen LogP contribution >= 0.6 is 0 Å². The first-order valence-electron chi connectivity index (χ1n) is 20.1. The Labute approximate surface area is 339 Å². The summed E-state index contributed by atoms with van der Waals surface area (Å²) in [5.41, 5.74) is 15.4. The van der Waals surface area contributed by atoms with Crippen LogP contribution in [-0.2, 0) is 5.41 Å². The van der Waals surface area contributed by atoms with Gasteiger partial charge in [0.15, 0.2) is 0 Å². The van der Waals surface area contributed by atoms with Gasteiger partial charge < -0.3 is 14.4 Å². The Morgan fingerprint density at radius 1 is 0.345 bits per heavy atom. The molecule has 0 fully saturated rings. The summed E-state index contributed by atoms with van der Waals surface area (Å²) in [6.07, 6.45) is 0. The normalized spacial score (nSPS) is 12.8. The quantitative estimate of drug-likeness (QED) is 0.161. The Bertz CT molecular complexity index is 3090. The van der Waals surface area contributed by atoms with Crippen molar-refractivity contribution in [3.63, 3.8) is 0 Å². The Hall–Kier alpha value is -7.36. The first-order chi connectivity index (χ1) is 28.5. The van der Waals surface area contributed by atoms with Gasteiger partial charge in [0, 0.05) is 56.0 Å². The first kappa shape index (κ1) is 33.9. The van der Waals surface area contributed by atoms with Crippen LogP contribution in [0.4, 0.5) is 34.1 Å². The third kappa shape index (κ3) is 5.43. The molecule has 3 nitrogen and oxygen atoms in total. The van der Waals surface area contributed by atoms with Crippen molar-refractivity contribution in [1.29, 1.82) is 0 Å². The van der Waals surface area contributed by atoms with Crippen molar-refractivity contribution in [2.45, 2.75) is 19.3 Å². The van der Waals surface area contributed by atoms with E-state index in [1.54, 1.807) is 0 Å². The second-order valence-corrected chi connectivity index (χ2v) is 15.8. The highest BCUT2D eigenvalue weighted by Gasteiger charge is 2.36. The molecule has 1 aliphatic rings. The van der Waals surface area contributed by atoms with E-state index in [2.05, 4.69) is 241 Å². The van der Waals surface area contributed by atoms with Gasteiger partial charge in [0.25, 0.3) is 0 Å². The lowest BCUT2D eigenvalue weighted by atomic mass is 9.82. The standard InChI is InChI=1S/C55H41N3/c1-55(2)51-36-45(57(42-22-10-5-11-23-42)44-28-26-43(27-29-44)56(40-18-6-3-7-19-40)41-20-8-4-9-21-41)30-32-47(51)48-33-31-46(37-52(48)55)58-53-25-15-14-24-49(53)50-34-38-16-12-13-17-39(38)35-54(50)58/h3-37H,1-2H3. The minimum Gasteiger partial charge on any atom is -0.311 e. The molecule has 0 atom stereocenters. The molecule has 1 aromatic heterocycles. The van der Waals surface area contributed by atoms with Crippen molar-refractivity contribution in [2.24, 2.45) is 0 Å². The third-order valence-corrected chi connectivity index (χ3v) is 12.1. The van der Waals surface area contributed by atoms with Gasteiger partial charge in [-0.2, -0.15) is 0 Å². The second-order valence-electron chi connectivity index (χ2n) is 15.8. The fourth-order valence-electron chi connectivity index (χ4n) is 9.30. The first-order valence-corrected chi connectivity index (χ1v) is 20.1. The van der Waals surface area contributed by atoms with Crippen LogP contribution < -0.4 is 9.80 Å². The van der Waals surface area contributed by atoms with E-state index in [0.717, 1.165) is 34.1 Å². The summed E-state index contributed by atoms with van der Waals surface area (Å²) in [7, 11) is 0. The maximum absolute atomic E-state index is 2.46. The van der Waals surface area contributed by atoms with Crippen LogP contribution in [0.1, 0.15) is 25.0 Å². The van der Waals surface area contributed by atoms with Crippen LogP contribution in [0, 0.1) is 0 Å². The van der Waals surface area contributed by atoms with E-state index in [1.165, 1.54) is 60.5 Å². The topological polar surface area (TPSA) is 11.4 Å². The largest absolute Gasteiger partial charge is 0.311 e. The van der Waals surface area contributed by atoms with Gasteiger partial charge in [0.1, 0.15) is 0 Å². The van der Waals surface area contributed by atoms with Gasteiger partial charge >= 0.3 is 0 Å². The summed E-state index contributed by atoms with van der Waals surface area (Å²) in [5, 5.41) is 5.07. The number of rotatable bonds is 7. The van der Waals surface area contributed by atoms with Crippen molar-refractivity contribution in [2.75, 3.05) is 9.80 Å². The SMILES string of the molecule is CC1(C)c2cc(N(c3ccccc3)c3ccc(N(c4ccccc4)c4ccccc4)cc3)ccc2-c2ccc(-n3c4ccccc4c4cc5ccccc5cc43)cc21. The minimum atomic E-state index is -0.222. The number of aromatic nitrogens is 1. The molecule has 10 aromatic rings. The van der Waals surface area contributed by atoms with E-state index in [-0.39, 0.29) is 5.41 Å². The molecule has 1 heterocycles. The number of nitrogens with zero attached hydrogens (tertiary/aromatic N) is 3. The van der Waals surface area contributed by atoms with Crippen molar-refractivity contribution >= 4 is 66.7 Å². The number of anilines is 6.